The van der Waals surface area contributed by atoms with Crippen LogP contribution in [0.4, 0.5) is 0 Å². The first-order chi connectivity index (χ1) is 7.38. The molecular formula is C12H24N2OS. The van der Waals surface area contributed by atoms with Crippen LogP contribution in [-0.2, 0) is 4.79 Å². The zero-order chi connectivity index (χ0) is 12.2. The first kappa shape index (κ1) is 13.8. The summed E-state index contributed by atoms with van der Waals surface area (Å²) in [6, 6.07) is 0. The van der Waals surface area contributed by atoms with Crippen molar-refractivity contribution >= 4 is 17.7 Å². The molecule has 1 saturated heterocycles. The largest absolute Gasteiger partial charge is 0.345 e. The van der Waals surface area contributed by atoms with Gasteiger partial charge in [0, 0.05) is 37.2 Å². The van der Waals surface area contributed by atoms with Crippen LogP contribution in [0.15, 0.2) is 0 Å². The number of amides is 1. The van der Waals surface area contributed by atoms with Crippen molar-refractivity contribution in [2.24, 2.45) is 0 Å². The van der Waals surface area contributed by atoms with Crippen LogP contribution in [0, 0.1) is 0 Å². The molecule has 0 N–H and O–H groups in total. The van der Waals surface area contributed by atoms with Gasteiger partial charge in [0.2, 0.25) is 5.91 Å². The monoisotopic (exact) mass is 244 g/mol. The number of rotatable bonds is 3. The van der Waals surface area contributed by atoms with Gasteiger partial charge in [0.05, 0.1) is 6.54 Å². The molecule has 3 nitrogen and oxygen atoms in total. The third-order valence-electron chi connectivity index (χ3n) is 2.70. The molecular weight excluding hydrogens is 220 g/mol. The summed E-state index contributed by atoms with van der Waals surface area (Å²) in [7, 11) is 1.90. The molecule has 0 aliphatic carbocycles. The Balaban J connectivity index is 2.29. The van der Waals surface area contributed by atoms with E-state index in [1.807, 2.05) is 23.7 Å². The number of carbonyl (C=O) groups is 1. The van der Waals surface area contributed by atoms with Crippen molar-refractivity contribution in [3.05, 3.63) is 0 Å². The van der Waals surface area contributed by atoms with E-state index in [1.165, 1.54) is 0 Å². The fourth-order valence-electron chi connectivity index (χ4n) is 1.72. The van der Waals surface area contributed by atoms with Gasteiger partial charge in [-0.15, -0.1) is 0 Å². The van der Waals surface area contributed by atoms with E-state index in [9.17, 15) is 4.79 Å². The summed E-state index contributed by atoms with van der Waals surface area (Å²) in [5, 5.41) is 0. The highest BCUT2D eigenvalue weighted by molar-refractivity contribution is 8.00. The minimum Gasteiger partial charge on any atom is -0.345 e. The van der Waals surface area contributed by atoms with Gasteiger partial charge in [0.1, 0.15) is 0 Å². The molecule has 1 aliphatic heterocycles. The van der Waals surface area contributed by atoms with Crippen LogP contribution in [0.1, 0.15) is 27.2 Å². The van der Waals surface area contributed by atoms with Gasteiger partial charge >= 0.3 is 0 Å². The molecule has 94 valence electrons. The Bertz CT molecular complexity index is 238. The van der Waals surface area contributed by atoms with Gasteiger partial charge in [-0.05, 0) is 6.42 Å². The Kier molecular flexibility index (Phi) is 5.12. The fourth-order valence-corrected chi connectivity index (χ4v) is 2.68. The predicted octanol–water partition coefficient (Wildman–Crippen LogP) is 1.68. The molecule has 1 heterocycles. The molecule has 0 aromatic carbocycles. The van der Waals surface area contributed by atoms with Crippen molar-refractivity contribution in [2.75, 3.05) is 39.0 Å². The lowest BCUT2D eigenvalue weighted by atomic mass is 10.3. The fraction of sp³-hybridized carbons (Fsp3) is 0.917. The standard InChI is InChI=1S/C12H24N2OS/c1-12(2,3)16-9-8-14-7-5-6-13(4)11(15)10-14/h5-10H2,1-4H3. The van der Waals surface area contributed by atoms with Crippen molar-refractivity contribution in [2.45, 2.75) is 31.9 Å². The van der Waals surface area contributed by atoms with Crippen molar-refractivity contribution in [3.63, 3.8) is 0 Å². The van der Waals surface area contributed by atoms with Gasteiger partial charge in [-0.2, -0.15) is 11.8 Å². The lowest BCUT2D eigenvalue weighted by molar-refractivity contribution is -0.129. The Morgan fingerprint density at radius 1 is 1.31 bits per heavy atom. The molecule has 4 heteroatoms. The summed E-state index contributed by atoms with van der Waals surface area (Å²) in [4.78, 5) is 15.8. The smallest absolute Gasteiger partial charge is 0.236 e. The van der Waals surface area contributed by atoms with Crippen molar-refractivity contribution in [1.29, 1.82) is 0 Å². The van der Waals surface area contributed by atoms with Crippen LogP contribution in [0.3, 0.4) is 0 Å². The molecule has 16 heavy (non-hydrogen) atoms. The SMILES string of the molecule is CN1CCCN(CCSC(C)(C)C)CC1=O. The maximum atomic E-state index is 11.7. The van der Waals surface area contributed by atoms with E-state index in [-0.39, 0.29) is 5.91 Å². The van der Waals surface area contributed by atoms with E-state index in [0.29, 0.717) is 11.3 Å². The molecule has 0 spiro atoms. The molecule has 0 atom stereocenters. The molecule has 0 unspecified atom stereocenters. The molecule has 1 fully saturated rings. The quantitative estimate of drug-likeness (QED) is 0.755. The molecule has 1 aliphatic rings. The van der Waals surface area contributed by atoms with E-state index in [0.717, 1.165) is 31.8 Å². The Morgan fingerprint density at radius 2 is 2.00 bits per heavy atom. The third kappa shape index (κ3) is 5.21. The molecule has 0 bridgehead atoms. The average Bonchev–Trinajstić information content (AvgIpc) is 2.28. The number of hydrogen-bond acceptors (Lipinski definition) is 3. The van der Waals surface area contributed by atoms with Crippen molar-refractivity contribution in [3.8, 4) is 0 Å². The highest BCUT2D eigenvalue weighted by atomic mass is 32.2. The highest BCUT2D eigenvalue weighted by Crippen LogP contribution is 2.22. The van der Waals surface area contributed by atoms with E-state index >= 15 is 0 Å². The zero-order valence-electron chi connectivity index (χ0n) is 11.0. The molecule has 0 aromatic rings. The van der Waals surface area contributed by atoms with Crippen LogP contribution in [-0.4, -0.2) is 59.4 Å². The molecule has 1 amide bonds. The Morgan fingerprint density at radius 3 is 2.62 bits per heavy atom. The number of nitrogens with zero attached hydrogens (tertiary/aromatic N) is 2. The summed E-state index contributed by atoms with van der Waals surface area (Å²) >= 11 is 1.97. The third-order valence-corrected chi connectivity index (χ3v) is 3.95. The lowest BCUT2D eigenvalue weighted by Crippen LogP contribution is -2.35. The van der Waals surface area contributed by atoms with Crippen LogP contribution < -0.4 is 0 Å². The summed E-state index contributed by atoms with van der Waals surface area (Å²) in [5.41, 5.74) is 0. The highest BCUT2D eigenvalue weighted by Gasteiger charge is 2.19. The van der Waals surface area contributed by atoms with Gasteiger partial charge in [0.15, 0.2) is 0 Å². The zero-order valence-corrected chi connectivity index (χ0v) is 11.8. The number of carbonyl (C=O) groups excluding carboxylic acids is 1. The summed E-state index contributed by atoms with van der Waals surface area (Å²) in [6.07, 6.45) is 1.10. The van der Waals surface area contributed by atoms with E-state index < -0.39 is 0 Å². The van der Waals surface area contributed by atoms with Gasteiger partial charge in [-0.1, -0.05) is 20.8 Å². The summed E-state index contributed by atoms with van der Waals surface area (Å²) < 4.78 is 0.326. The Hall–Kier alpha value is -0.220. The minimum absolute atomic E-state index is 0.262. The number of likely N-dealkylation sites (N-methyl/N-ethyl adjacent to an activating group) is 1. The topological polar surface area (TPSA) is 23.6 Å². The van der Waals surface area contributed by atoms with E-state index in [4.69, 9.17) is 0 Å². The van der Waals surface area contributed by atoms with Gasteiger partial charge in [-0.25, -0.2) is 0 Å². The van der Waals surface area contributed by atoms with Crippen LogP contribution >= 0.6 is 11.8 Å². The lowest BCUT2D eigenvalue weighted by Gasteiger charge is -2.22. The van der Waals surface area contributed by atoms with Crippen LogP contribution in [0.25, 0.3) is 0 Å². The van der Waals surface area contributed by atoms with Crippen molar-refractivity contribution < 1.29 is 4.79 Å². The van der Waals surface area contributed by atoms with Gasteiger partial charge in [0.25, 0.3) is 0 Å². The van der Waals surface area contributed by atoms with Crippen LogP contribution in [0.5, 0.6) is 0 Å². The molecule has 0 radical (unpaired) electrons. The average molecular weight is 244 g/mol. The number of thioether (sulfide) groups is 1. The second-order valence-corrected chi connectivity index (χ2v) is 7.33. The first-order valence-corrected chi connectivity index (χ1v) is 6.97. The second kappa shape index (κ2) is 5.92. The maximum absolute atomic E-state index is 11.7. The van der Waals surface area contributed by atoms with E-state index in [2.05, 4.69) is 25.7 Å². The molecule has 0 aromatic heterocycles. The normalized spacial score (nSPS) is 20.0. The van der Waals surface area contributed by atoms with Crippen molar-refractivity contribution in [1.82, 2.24) is 9.80 Å². The predicted molar refractivity (Wildman–Crippen MR) is 70.9 cm³/mol. The van der Waals surface area contributed by atoms with Gasteiger partial charge in [-0.3, -0.25) is 9.69 Å². The first-order valence-electron chi connectivity index (χ1n) is 5.99. The number of hydrogen-bond donors (Lipinski definition) is 0. The molecule has 0 saturated carbocycles. The molecule has 1 rings (SSSR count). The maximum Gasteiger partial charge on any atom is 0.236 e. The Labute approximate surface area is 104 Å². The minimum atomic E-state index is 0.262. The second-order valence-electron chi connectivity index (χ2n) is 5.41. The van der Waals surface area contributed by atoms with Crippen LogP contribution in [0.2, 0.25) is 0 Å². The summed E-state index contributed by atoms with van der Waals surface area (Å²) in [6.45, 7) is 10.3. The summed E-state index contributed by atoms with van der Waals surface area (Å²) in [5.74, 6) is 1.37. The van der Waals surface area contributed by atoms with E-state index in [1.54, 1.807) is 0 Å². The van der Waals surface area contributed by atoms with Gasteiger partial charge < -0.3 is 4.90 Å².